The summed E-state index contributed by atoms with van der Waals surface area (Å²) in [6, 6.07) is 2.35. The number of nitrogens with two attached hydrogens (primary N) is 2. The number of primary amides is 1. The Bertz CT molecular complexity index is 505. The number of carbonyl (C=O) groups is 2. The molecule has 0 aliphatic carbocycles. The predicted octanol–water partition coefficient (Wildman–Crippen LogP) is 0.958. The lowest BCUT2D eigenvalue weighted by atomic mass is 10.1. The second kappa shape index (κ2) is 6.29. The van der Waals surface area contributed by atoms with E-state index in [0.717, 1.165) is 0 Å². The van der Waals surface area contributed by atoms with Gasteiger partial charge in [0.15, 0.2) is 0 Å². The van der Waals surface area contributed by atoms with E-state index in [1.807, 2.05) is 6.92 Å². The third-order valence-corrected chi connectivity index (χ3v) is 2.78. The molecule has 104 valence electrons. The first-order valence-electron chi connectivity index (χ1n) is 5.79. The lowest BCUT2D eigenvalue weighted by Gasteiger charge is -2.18. The van der Waals surface area contributed by atoms with Gasteiger partial charge >= 0.3 is 0 Å². The summed E-state index contributed by atoms with van der Waals surface area (Å²) in [4.78, 5) is 23.0. The van der Waals surface area contributed by atoms with Crippen molar-refractivity contribution in [2.45, 2.75) is 19.9 Å². The van der Waals surface area contributed by atoms with Crippen LogP contribution in [0.15, 0.2) is 12.1 Å². The summed E-state index contributed by atoms with van der Waals surface area (Å²) in [5.41, 5.74) is 11.7. The summed E-state index contributed by atoms with van der Waals surface area (Å²) in [6.45, 7) is 3.99. The minimum atomic E-state index is -0.667. The molecule has 0 heterocycles. The van der Waals surface area contributed by atoms with Gasteiger partial charge in [0.05, 0.1) is 16.3 Å². The van der Waals surface area contributed by atoms with Gasteiger partial charge in [0.25, 0.3) is 5.91 Å². The van der Waals surface area contributed by atoms with E-state index in [1.165, 1.54) is 12.1 Å². The second-order valence-corrected chi connectivity index (χ2v) is 4.46. The Hall–Kier alpha value is -1.95. The molecule has 0 aromatic heterocycles. The number of nitrogens with one attached hydrogen (secondary N) is 2. The van der Waals surface area contributed by atoms with Gasteiger partial charge in [-0.25, -0.2) is 0 Å². The molecule has 0 bridgehead atoms. The van der Waals surface area contributed by atoms with Gasteiger partial charge in [-0.1, -0.05) is 11.6 Å². The van der Waals surface area contributed by atoms with Gasteiger partial charge in [-0.3, -0.25) is 9.59 Å². The molecule has 6 N–H and O–H groups in total. The van der Waals surface area contributed by atoms with Crippen molar-refractivity contribution in [3.8, 4) is 0 Å². The quantitative estimate of drug-likeness (QED) is 0.604. The zero-order valence-corrected chi connectivity index (χ0v) is 11.5. The largest absolute Gasteiger partial charge is 0.399 e. The molecular formula is C12H17ClN4O2. The van der Waals surface area contributed by atoms with Crippen molar-refractivity contribution in [2.24, 2.45) is 5.73 Å². The van der Waals surface area contributed by atoms with Crippen molar-refractivity contribution in [3.05, 3.63) is 22.7 Å². The molecule has 0 saturated carbocycles. The Morgan fingerprint density at radius 1 is 1.42 bits per heavy atom. The van der Waals surface area contributed by atoms with Gasteiger partial charge in [0, 0.05) is 12.2 Å². The normalized spacial score (nSPS) is 11.7. The molecule has 2 amide bonds. The molecule has 1 aromatic carbocycles. The van der Waals surface area contributed by atoms with Crippen LogP contribution in [0.2, 0.25) is 5.02 Å². The molecule has 1 atom stereocenters. The van der Waals surface area contributed by atoms with Crippen LogP contribution < -0.4 is 22.1 Å². The molecule has 1 unspecified atom stereocenters. The number of carbonyl (C=O) groups excluding carboxylic acids is 2. The Morgan fingerprint density at radius 3 is 2.58 bits per heavy atom. The first kappa shape index (κ1) is 15.1. The molecule has 0 radical (unpaired) electrons. The van der Waals surface area contributed by atoms with Crippen molar-refractivity contribution in [3.63, 3.8) is 0 Å². The second-order valence-electron chi connectivity index (χ2n) is 4.05. The first-order valence-corrected chi connectivity index (χ1v) is 6.17. The summed E-state index contributed by atoms with van der Waals surface area (Å²) in [6.07, 6.45) is 0. The first-order chi connectivity index (χ1) is 8.86. The average molecular weight is 285 g/mol. The van der Waals surface area contributed by atoms with Gasteiger partial charge in [0.2, 0.25) is 5.91 Å². The number of nitrogen functional groups attached to an aromatic ring is 1. The number of halogens is 1. The van der Waals surface area contributed by atoms with Gasteiger partial charge in [-0.2, -0.15) is 0 Å². The number of rotatable bonds is 5. The van der Waals surface area contributed by atoms with E-state index < -0.39 is 11.9 Å². The molecule has 0 saturated heterocycles. The third kappa shape index (κ3) is 3.75. The summed E-state index contributed by atoms with van der Waals surface area (Å²) in [5.74, 6) is -0.870. The fraction of sp³-hybridized carbons (Fsp3) is 0.333. The number of amides is 2. The van der Waals surface area contributed by atoms with Crippen molar-refractivity contribution in [1.29, 1.82) is 0 Å². The van der Waals surface area contributed by atoms with Crippen LogP contribution >= 0.6 is 11.6 Å². The Morgan fingerprint density at radius 2 is 2.05 bits per heavy atom. The predicted molar refractivity (Wildman–Crippen MR) is 76.2 cm³/mol. The maximum absolute atomic E-state index is 11.6. The summed E-state index contributed by atoms with van der Waals surface area (Å²) >= 11 is 6.02. The SMILES string of the molecule is CCNC(=O)C(C)Nc1c(Cl)cc(N)cc1C(N)=O. The molecular weight excluding hydrogens is 268 g/mol. The van der Waals surface area contributed by atoms with E-state index in [9.17, 15) is 9.59 Å². The minimum absolute atomic E-state index is 0.154. The topological polar surface area (TPSA) is 110 Å². The van der Waals surface area contributed by atoms with E-state index in [4.69, 9.17) is 23.1 Å². The number of hydrogen-bond donors (Lipinski definition) is 4. The van der Waals surface area contributed by atoms with E-state index in [2.05, 4.69) is 10.6 Å². The van der Waals surface area contributed by atoms with Crippen LogP contribution in [-0.4, -0.2) is 24.4 Å². The maximum Gasteiger partial charge on any atom is 0.250 e. The molecule has 0 aliphatic heterocycles. The van der Waals surface area contributed by atoms with Crippen molar-refractivity contribution in [2.75, 3.05) is 17.6 Å². The van der Waals surface area contributed by atoms with Gasteiger partial charge in [-0.15, -0.1) is 0 Å². The Kier molecular flexibility index (Phi) is 5.00. The highest BCUT2D eigenvalue weighted by molar-refractivity contribution is 6.34. The van der Waals surface area contributed by atoms with Crippen LogP contribution in [0.5, 0.6) is 0 Å². The number of anilines is 2. The lowest BCUT2D eigenvalue weighted by molar-refractivity contribution is -0.121. The number of benzene rings is 1. The molecule has 0 spiro atoms. The zero-order valence-electron chi connectivity index (χ0n) is 10.8. The molecule has 0 fully saturated rings. The van der Waals surface area contributed by atoms with E-state index >= 15 is 0 Å². The van der Waals surface area contributed by atoms with Gasteiger partial charge in [0.1, 0.15) is 6.04 Å². The Balaban J connectivity index is 3.06. The van der Waals surface area contributed by atoms with Gasteiger partial charge in [-0.05, 0) is 26.0 Å². The highest BCUT2D eigenvalue weighted by Gasteiger charge is 2.18. The van der Waals surface area contributed by atoms with E-state index in [-0.39, 0.29) is 16.5 Å². The lowest BCUT2D eigenvalue weighted by Crippen LogP contribution is -2.37. The fourth-order valence-electron chi connectivity index (χ4n) is 1.58. The minimum Gasteiger partial charge on any atom is -0.399 e. The van der Waals surface area contributed by atoms with Crippen LogP contribution in [0.4, 0.5) is 11.4 Å². The van der Waals surface area contributed by atoms with Crippen LogP contribution in [0, 0.1) is 0 Å². The molecule has 19 heavy (non-hydrogen) atoms. The summed E-state index contributed by atoms with van der Waals surface area (Å²) in [7, 11) is 0. The monoisotopic (exact) mass is 284 g/mol. The van der Waals surface area contributed by atoms with E-state index in [0.29, 0.717) is 17.9 Å². The molecule has 7 heteroatoms. The van der Waals surface area contributed by atoms with Crippen molar-refractivity contribution in [1.82, 2.24) is 5.32 Å². The van der Waals surface area contributed by atoms with E-state index in [1.54, 1.807) is 6.92 Å². The summed E-state index contributed by atoms with van der Waals surface area (Å²) < 4.78 is 0. The maximum atomic E-state index is 11.6. The van der Waals surface area contributed by atoms with Crippen LogP contribution in [0.25, 0.3) is 0 Å². The van der Waals surface area contributed by atoms with Gasteiger partial charge < -0.3 is 22.1 Å². The molecule has 0 aliphatic rings. The van der Waals surface area contributed by atoms with Crippen molar-refractivity contribution < 1.29 is 9.59 Å². The van der Waals surface area contributed by atoms with Crippen LogP contribution in [-0.2, 0) is 4.79 Å². The third-order valence-electron chi connectivity index (χ3n) is 2.48. The number of likely N-dealkylation sites (N-methyl/N-ethyl adjacent to an activating group) is 1. The van der Waals surface area contributed by atoms with Crippen LogP contribution in [0.3, 0.4) is 0 Å². The average Bonchev–Trinajstić information content (AvgIpc) is 2.32. The summed E-state index contributed by atoms with van der Waals surface area (Å²) in [5, 5.41) is 5.77. The van der Waals surface area contributed by atoms with Crippen molar-refractivity contribution >= 4 is 34.8 Å². The number of hydrogen-bond acceptors (Lipinski definition) is 4. The zero-order chi connectivity index (χ0) is 14.6. The molecule has 1 aromatic rings. The highest BCUT2D eigenvalue weighted by atomic mass is 35.5. The standard InChI is InChI=1S/C12H17ClN4O2/c1-3-16-12(19)6(2)17-10-8(11(15)18)4-7(14)5-9(10)13/h4-6,17H,3,14H2,1-2H3,(H2,15,18)(H,16,19). The molecule has 6 nitrogen and oxygen atoms in total. The fourth-order valence-corrected chi connectivity index (χ4v) is 1.86. The molecule has 1 rings (SSSR count). The smallest absolute Gasteiger partial charge is 0.250 e. The van der Waals surface area contributed by atoms with Crippen LogP contribution in [0.1, 0.15) is 24.2 Å². The Labute approximate surface area is 116 Å². The highest BCUT2D eigenvalue weighted by Crippen LogP contribution is 2.29.